The topological polar surface area (TPSA) is 64.3 Å². The van der Waals surface area contributed by atoms with Crippen molar-refractivity contribution < 1.29 is 9.90 Å². The second-order valence-corrected chi connectivity index (χ2v) is 3.99. The second-order valence-electron chi connectivity index (χ2n) is 3.99. The van der Waals surface area contributed by atoms with Crippen molar-refractivity contribution >= 4 is 11.7 Å². The van der Waals surface area contributed by atoms with E-state index in [-0.39, 0.29) is 13.0 Å². The Labute approximate surface area is 101 Å². The van der Waals surface area contributed by atoms with Gasteiger partial charge in [0.25, 0.3) is 0 Å². The number of nitriles is 1. The quantitative estimate of drug-likeness (QED) is 0.790. The highest BCUT2D eigenvalue weighted by molar-refractivity contribution is 5.67. The largest absolute Gasteiger partial charge is 0.481 e. The van der Waals surface area contributed by atoms with E-state index in [1.165, 1.54) is 5.56 Å². The van der Waals surface area contributed by atoms with Crippen molar-refractivity contribution in [1.29, 1.82) is 5.26 Å². The van der Waals surface area contributed by atoms with E-state index in [2.05, 4.69) is 6.07 Å². The van der Waals surface area contributed by atoms with Crippen molar-refractivity contribution in [2.24, 2.45) is 0 Å². The van der Waals surface area contributed by atoms with Gasteiger partial charge in [0, 0.05) is 12.2 Å². The van der Waals surface area contributed by atoms with Crippen LogP contribution in [0.2, 0.25) is 0 Å². The van der Waals surface area contributed by atoms with Gasteiger partial charge in [-0.25, -0.2) is 0 Å². The molecule has 0 saturated carbocycles. The number of carboxylic acids is 1. The Hall–Kier alpha value is -2.02. The summed E-state index contributed by atoms with van der Waals surface area (Å²) in [7, 11) is 0. The summed E-state index contributed by atoms with van der Waals surface area (Å²) >= 11 is 0. The van der Waals surface area contributed by atoms with Crippen LogP contribution in [0.15, 0.2) is 18.2 Å². The number of carboxylic acid groups (broad SMARTS) is 1. The zero-order valence-electron chi connectivity index (χ0n) is 10.1. The molecule has 0 fully saturated rings. The van der Waals surface area contributed by atoms with Crippen LogP contribution in [0.25, 0.3) is 0 Å². The molecule has 4 nitrogen and oxygen atoms in total. The standard InChI is InChI=1S/C13H16N2O2/c1-10-3-4-12(9-11(10)2)15(8-6-14)7-5-13(16)17/h3-4,9H,5,7-8H2,1-2H3,(H,16,17). The lowest BCUT2D eigenvalue weighted by molar-refractivity contribution is -0.136. The smallest absolute Gasteiger partial charge is 0.305 e. The molecular weight excluding hydrogens is 216 g/mol. The minimum atomic E-state index is -0.850. The molecule has 1 rings (SSSR count). The number of rotatable bonds is 5. The Balaban J connectivity index is 2.85. The van der Waals surface area contributed by atoms with Crippen LogP contribution < -0.4 is 4.90 Å². The van der Waals surface area contributed by atoms with Crippen molar-refractivity contribution in [2.75, 3.05) is 18.0 Å². The number of benzene rings is 1. The second kappa shape index (κ2) is 5.90. The maximum Gasteiger partial charge on any atom is 0.305 e. The number of carbonyl (C=O) groups is 1. The molecule has 0 amide bonds. The van der Waals surface area contributed by atoms with Gasteiger partial charge >= 0.3 is 5.97 Å². The highest BCUT2D eigenvalue weighted by Crippen LogP contribution is 2.18. The number of aliphatic carboxylic acids is 1. The van der Waals surface area contributed by atoms with Crippen molar-refractivity contribution in [3.63, 3.8) is 0 Å². The van der Waals surface area contributed by atoms with Crippen molar-refractivity contribution in [3.05, 3.63) is 29.3 Å². The lowest BCUT2D eigenvalue weighted by Crippen LogP contribution is -2.26. The molecule has 1 N–H and O–H groups in total. The summed E-state index contributed by atoms with van der Waals surface area (Å²) in [5.74, 6) is -0.850. The summed E-state index contributed by atoms with van der Waals surface area (Å²) in [5.41, 5.74) is 3.22. The van der Waals surface area contributed by atoms with Gasteiger partial charge in [-0.1, -0.05) is 6.07 Å². The van der Waals surface area contributed by atoms with Gasteiger partial charge in [0.15, 0.2) is 0 Å². The number of nitrogens with zero attached hydrogens (tertiary/aromatic N) is 2. The molecule has 0 radical (unpaired) electrons. The fourth-order valence-corrected chi connectivity index (χ4v) is 1.54. The van der Waals surface area contributed by atoms with Crippen LogP contribution in [-0.4, -0.2) is 24.2 Å². The highest BCUT2D eigenvalue weighted by atomic mass is 16.4. The van der Waals surface area contributed by atoms with Crippen LogP contribution in [-0.2, 0) is 4.79 Å². The molecule has 0 aliphatic heterocycles. The van der Waals surface area contributed by atoms with Crippen LogP contribution in [0.3, 0.4) is 0 Å². The minimum Gasteiger partial charge on any atom is -0.481 e. The van der Waals surface area contributed by atoms with E-state index >= 15 is 0 Å². The zero-order chi connectivity index (χ0) is 12.8. The Kier molecular flexibility index (Phi) is 4.53. The minimum absolute atomic E-state index is 0.0363. The van der Waals surface area contributed by atoms with Gasteiger partial charge in [-0.15, -0.1) is 0 Å². The predicted octanol–water partition coefficient (Wildman–Crippen LogP) is 2.11. The molecular formula is C13H16N2O2. The predicted molar refractivity (Wildman–Crippen MR) is 66.0 cm³/mol. The van der Waals surface area contributed by atoms with Gasteiger partial charge in [-0.05, 0) is 37.1 Å². The maximum absolute atomic E-state index is 10.6. The van der Waals surface area contributed by atoms with Crippen LogP contribution in [0.1, 0.15) is 17.5 Å². The third-order valence-corrected chi connectivity index (χ3v) is 2.71. The molecule has 1 aromatic carbocycles. The van der Waals surface area contributed by atoms with Gasteiger partial charge in [0.05, 0.1) is 12.5 Å². The summed E-state index contributed by atoms with van der Waals surface area (Å²) in [6, 6.07) is 7.94. The molecule has 0 saturated heterocycles. The molecule has 90 valence electrons. The van der Waals surface area contributed by atoms with Crippen LogP contribution in [0, 0.1) is 25.2 Å². The number of hydrogen-bond donors (Lipinski definition) is 1. The Morgan fingerprint density at radius 3 is 2.65 bits per heavy atom. The Morgan fingerprint density at radius 2 is 2.12 bits per heavy atom. The fourth-order valence-electron chi connectivity index (χ4n) is 1.54. The first kappa shape index (κ1) is 13.0. The molecule has 0 bridgehead atoms. The molecule has 0 aliphatic rings. The van der Waals surface area contributed by atoms with Gasteiger partial charge in [-0.3, -0.25) is 4.79 Å². The van der Waals surface area contributed by atoms with E-state index in [0.29, 0.717) is 6.54 Å². The van der Waals surface area contributed by atoms with Crippen LogP contribution >= 0.6 is 0 Å². The summed E-state index contributed by atoms with van der Waals surface area (Å²) < 4.78 is 0. The van der Waals surface area contributed by atoms with E-state index in [0.717, 1.165) is 11.3 Å². The fraction of sp³-hybridized carbons (Fsp3) is 0.385. The molecule has 0 aromatic heterocycles. The summed E-state index contributed by atoms with van der Waals surface area (Å²) in [5, 5.41) is 17.4. The lowest BCUT2D eigenvalue weighted by atomic mass is 10.1. The highest BCUT2D eigenvalue weighted by Gasteiger charge is 2.08. The summed E-state index contributed by atoms with van der Waals surface area (Å²) in [6.45, 7) is 4.58. The molecule has 17 heavy (non-hydrogen) atoms. The van der Waals surface area contributed by atoms with Crippen LogP contribution in [0.4, 0.5) is 5.69 Å². The normalized spacial score (nSPS) is 9.71. The van der Waals surface area contributed by atoms with Gasteiger partial charge in [0.2, 0.25) is 0 Å². The van der Waals surface area contributed by atoms with E-state index in [1.807, 2.05) is 32.0 Å². The van der Waals surface area contributed by atoms with Crippen molar-refractivity contribution in [3.8, 4) is 6.07 Å². The Morgan fingerprint density at radius 1 is 1.41 bits per heavy atom. The first-order valence-corrected chi connectivity index (χ1v) is 5.45. The summed E-state index contributed by atoms with van der Waals surface area (Å²) in [6.07, 6.45) is 0.0363. The molecule has 0 aliphatic carbocycles. The Bertz CT molecular complexity index is 449. The third kappa shape index (κ3) is 3.80. The molecule has 4 heteroatoms. The van der Waals surface area contributed by atoms with Crippen molar-refractivity contribution in [1.82, 2.24) is 0 Å². The van der Waals surface area contributed by atoms with Gasteiger partial charge < -0.3 is 10.0 Å². The van der Waals surface area contributed by atoms with E-state index in [9.17, 15) is 4.79 Å². The zero-order valence-corrected chi connectivity index (χ0v) is 10.1. The monoisotopic (exact) mass is 232 g/mol. The van der Waals surface area contributed by atoms with Crippen LogP contribution in [0.5, 0.6) is 0 Å². The molecule has 0 unspecified atom stereocenters. The van der Waals surface area contributed by atoms with Gasteiger partial charge in [-0.2, -0.15) is 5.26 Å². The number of aryl methyl sites for hydroxylation is 2. The average Bonchev–Trinajstić information content (AvgIpc) is 2.28. The first-order chi connectivity index (χ1) is 8.04. The maximum atomic E-state index is 10.6. The SMILES string of the molecule is Cc1ccc(N(CC#N)CCC(=O)O)cc1C. The molecule has 1 aromatic rings. The number of anilines is 1. The third-order valence-electron chi connectivity index (χ3n) is 2.71. The molecule has 0 heterocycles. The van der Waals surface area contributed by atoms with E-state index in [4.69, 9.17) is 10.4 Å². The number of hydrogen-bond acceptors (Lipinski definition) is 3. The van der Waals surface area contributed by atoms with Crippen molar-refractivity contribution in [2.45, 2.75) is 20.3 Å². The van der Waals surface area contributed by atoms with Gasteiger partial charge in [0.1, 0.15) is 6.54 Å². The average molecular weight is 232 g/mol. The first-order valence-electron chi connectivity index (χ1n) is 5.45. The molecule has 0 spiro atoms. The van der Waals surface area contributed by atoms with E-state index in [1.54, 1.807) is 4.90 Å². The molecule has 0 atom stereocenters. The lowest BCUT2D eigenvalue weighted by Gasteiger charge is -2.21. The van der Waals surface area contributed by atoms with E-state index < -0.39 is 5.97 Å². The summed E-state index contributed by atoms with van der Waals surface area (Å²) in [4.78, 5) is 12.3.